The number of thioether (sulfide) groups is 1. The van der Waals surface area contributed by atoms with Crippen molar-refractivity contribution in [3.8, 4) is 11.4 Å². The molecule has 1 N–H and O–H groups in total. The van der Waals surface area contributed by atoms with E-state index in [2.05, 4.69) is 44.9 Å². The fraction of sp³-hybridized carbons (Fsp3) is 0.583. The highest BCUT2D eigenvalue weighted by molar-refractivity contribution is 7.99. The molecule has 3 unspecified atom stereocenters. The van der Waals surface area contributed by atoms with Crippen LogP contribution in [0.3, 0.4) is 0 Å². The van der Waals surface area contributed by atoms with Gasteiger partial charge in [-0.3, -0.25) is 4.57 Å². The summed E-state index contributed by atoms with van der Waals surface area (Å²) in [6, 6.07) is 8.35. The van der Waals surface area contributed by atoms with Crippen molar-refractivity contribution in [1.82, 2.24) is 19.7 Å². The normalized spacial score (nSPS) is 24.2. The second kappa shape index (κ2) is 9.76. The first kappa shape index (κ1) is 21.0. The van der Waals surface area contributed by atoms with Crippen molar-refractivity contribution in [1.29, 1.82) is 0 Å². The first-order valence-corrected chi connectivity index (χ1v) is 12.6. The van der Waals surface area contributed by atoms with Crippen LogP contribution in [0.5, 0.6) is 0 Å². The highest BCUT2D eigenvalue weighted by atomic mass is 32.2. The zero-order valence-electron chi connectivity index (χ0n) is 18.3. The standard InChI is InChI=1S/C24H32N4O2S/c1-17-7-2-5-11-22(17)30-13-14-31-24-27-26-23(28(24)16-18-8-6-12-29-18)20-15-25-21-10-4-3-9-19(20)21/h3-4,9-10,15,17-18,22,25H,2,5-8,11-14,16H2,1H3. The van der Waals surface area contributed by atoms with Crippen LogP contribution in [0.4, 0.5) is 0 Å². The van der Waals surface area contributed by atoms with E-state index in [0.29, 0.717) is 12.0 Å². The molecular weight excluding hydrogens is 408 g/mol. The Labute approximate surface area is 188 Å². The van der Waals surface area contributed by atoms with E-state index in [1.807, 2.05) is 12.3 Å². The number of aromatic amines is 1. The third-order valence-electron chi connectivity index (χ3n) is 6.64. The third kappa shape index (κ3) is 4.69. The fourth-order valence-corrected chi connectivity index (χ4v) is 5.65. The van der Waals surface area contributed by atoms with E-state index < -0.39 is 0 Å². The van der Waals surface area contributed by atoms with Gasteiger partial charge in [0.2, 0.25) is 0 Å². The van der Waals surface area contributed by atoms with Crippen molar-refractivity contribution in [3.05, 3.63) is 30.5 Å². The Morgan fingerprint density at radius 1 is 1.16 bits per heavy atom. The van der Waals surface area contributed by atoms with Gasteiger partial charge < -0.3 is 14.5 Å². The quantitative estimate of drug-likeness (QED) is 0.381. The van der Waals surface area contributed by atoms with Gasteiger partial charge in [0.15, 0.2) is 11.0 Å². The van der Waals surface area contributed by atoms with Crippen LogP contribution in [-0.2, 0) is 16.0 Å². The van der Waals surface area contributed by atoms with Gasteiger partial charge in [0.25, 0.3) is 0 Å². The molecule has 1 saturated carbocycles. The second-order valence-electron chi connectivity index (χ2n) is 8.82. The Hall–Kier alpha value is -1.83. The lowest BCUT2D eigenvalue weighted by atomic mass is 9.88. The molecule has 1 saturated heterocycles. The second-order valence-corrected chi connectivity index (χ2v) is 9.88. The average molecular weight is 441 g/mol. The predicted octanol–water partition coefficient (Wildman–Crippen LogP) is 5.29. The third-order valence-corrected chi connectivity index (χ3v) is 7.57. The van der Waals surface area contributed by atoms with Gasteiger partial charge in [0, 0.05) is 35.0 Å². The smallest absolute Gasteiger partial charge is 0.191 e. The van der Waals surface area contributed by atoms with Gasteiger partial charge in [-0.05, 0) is 37.7 Å². The zero-order valence-corrected chi connectivity index (χ0v) is 19.1. The van der Waals surface area contributed by atoms with Gasteiger partial charge in [0.1, 0.15) is 0 Å². The van der Waals surface area contributed by atoms with Crippen LogP contribution in [0.2, 0.25) is 0 Å². The molecule has 0 spiro atoms. The van der Waals surface area contributed by atoms with Crippen LogP contribution >= 0.6 is 11.8 Å². The minimum Gasteiger partial charge on any atom is -0.377 e. The maximum Gasteiger partial charge on any atom is 0.191 e. The summed E-state index contributed by atoms with van der Waals surface area (Å²) in [5.41, 5.74) is 2.22. The van der Waals surface area contributed by atoms with Gasteiger partial charge in [-0.15, -0.1) is 10.2 Å². The molecule has 0 bridgehead atoms. The number of H-pyrrole nitrogens is 1. The molecule has 0 amide bonds. The number of hydrogen-bond acceptors (Lipinski definition) is 5. The van der Waals surface area contributed by atoms with E-state index in [-0.39, 0.29) is 6.10 Å². The number of rotatable bonds is 8. The molecule has 166 valence electrons. The number of aromatic nitrogens is 4. The Morgan fingerprint density at radius 3 is 2.94 bits per heavy atom. The molecule has 3 heterocycles. The SMILES string of the molecule is CC1CCCCC1OCCSc1nnc(-c2c[nH]c3ccccc23)n1CC1CCCO1. The summed E-state index contributed by atoms with van der Waals surface area (Å²) in [6.07, 6.45) is 10.1. The molecule has 2 fully saturated rings. The number of benzene rings is 1. The molecule has 1 aliphatic carbocycles. The lowest BCUT2D eigenvalue weighted by Gasteiger charge is -2.28. The first-order chi connectivity index (χ1) is 15.3. The monoisotopic (exact) mass is 440 g/mol. The summed E-state index contributed by atoms with van der Waals surface area (Å²) in [4.78, 5) is 3.37. The number of ether oxygens (including phenoxy) is 2. The van der Waals surface area contributed by atoms with E-state index in [9.17, 15) is 0 Å². The van der Waals surface area contributed by atoms with Crippen molar-refractivity contribution in [3.63, 3.8) is 0 Å². The first-order valence-electron chi connectivity index (χ1n) is 11.7. The number of nitrogens with zero attached hydrogens (tertiary/aromatic N) is 3. The van der Waals surface area contributed by atoms with Crippen molar-refractivity contribution in [2.24, 2.45) is 5.92 Å². The van der Waals surface area contributed by atoms with E-state index in [4.69, 9.17) is 9.47 Å². The molecule has 3 atom stereocenters. The van der Waals surface area contributed by atoms with Crippen molar-refractivity contribution >= 4 is 22.7 Å². The van der Waals surface area contributed by atoms with Crippen LogP contribution in [-0.4, -0.2) is 50.9 Å². The maximum atomic E-state index is 6.22. The summed E-state index contributed by atoms with van der Waals surface area (Å²) >= 11 is 1.74. The Kier molecular flexibility index (Phi) is 6.62. The summed E-state index contributed by atoms with van der Waals surface area (Å²) in [5.74, 6) is 2.48. The van der Waals surface area contributed by atoms with E-state index in [0.717, 1.165) is 60.4 Å². The van der Waals surface area contributed by atoms with Crippen molar-refractivity contribution in [2.45, 2.75) is 69.4 Å². The summed E-state index contributed by atoms with van der Waals surface area (Å²) in [7, 11) is 0. The number of nitrogens with one attached hydrogen (secondary N) is 1. The average Bonchev–Trinajstić information content (AvgIpc) is 3.53. The Bertz CT molecular complexity index is 995. The molecule has 1 aliphatic heterocycles. The minimum atomic E-state index is 0.235. The molecule has 3 aromatic rings. The lowest BCUT2D eigenvalue weighted by molar-refractivity contribution is 0.00345. The highest BCUT2D eigenvalue weighted by Crippen LogP contribution is 2.31. The largest absolute Gasteiger partial charge is 0.377 e. The van der Waals surface area contributed by atoms with Gasteiger partial charge in [0.05, 0.1) is 25.4 Å². The van der Waals surface area contributed by atoms with Gasteiger partial charge in [-0.2, -0.15) is 0 Å². The molecule has 1 aromatic carbocycles. The molecule has 5 rings (SSSR count). The highest BCUT2D eigenvalue weighted by Gasteiger charge is 2.24. The molecule has 31 heavy (non-hydrogen) atoms. The van der Waals surface area contributed by atoms with Crippen LogP contribution in [0.15, 0.2) is 35.6 Å². The number of hydrogen-bond donors (Lipinski definition) is 1. The van der Waals surface area contributed by atoms with E-state index in [1.54, 1.807) is 11.8 Å². The van der Waals surface area contributed by atoms with Gasteiger partial charge >= 0.3 is 0 Å². The number of fused-ring (bicyclic) bond motifs is 1. The topological polar surface area (TPSA) is 65.0 Å². The van der Waals surface area contributed by atoms with Crippen LogP contribution in [0, 0.1) is 5.92 Å². The summed E-state index contributed by atoms with van der Waals surface area (Å²) in [6.45, 7) is 4.73. The molecule has 2 aromatic heterocycles. The molecule has 2 aliphatic rings. The Morgan fingerprint density at radius 2 is 2.06 bits per heavy atom. The van der Waals surface area contributed by atoms with Crippen LogP contribution < -0.4 is 0 Å². The Balaban J connectivity index is 1.32. The fourth-order valence-electron chi connectivity index (χ4n) is 4.87. The lowest BCUT2D eigenvalue weighted by Crippen LogP contribution is -2.26. The molecule has 0 radical (unpaired) electrons. The predicted molar refractivity (Wildman–Crippen MR) is 124 cm³/mol. The van der Waals surface area contributed by atoms with Gasteiger partial charge in [-0.1, -0.05) is 49.7 Å². The maximum absolute atomic E-state index is 6.22. The van der Waals surface area contributed by atoms with Crippen LogP contribution in [0.1, 0.15) is 45.4 Å². The van der Waals surface area contributed by atoms with Crippen molar-refractivity contribution in [2.75, 3.05) is 19.0 Å². The molecule has 7 heteroatoms. The summed E-state index contributed by atoms with van der Waals surface area (Å²) in [5, 5.41) is 11.3. The van der Waals surface area contributed by atoms with Crippen LogP contribution in [0.25, 0.3) is 22.3 Å². The summed E-state index contributed by atoms with van der Waals surface area (Å²) < 4.78 is 14.4. The van der Waals surface area contributed by atoms with E-state index >= 15 is 0 Å². The number of para-hydroxylation sites is 1. The molecule has 6 nitrogen and oxygen atoms in total. The zero-order chi connectivity index (χ0) is 21.0. The van der Waals surface area contributed by atoms with Gasteiger partial charge in [-0.25, -0.2) is 0 Å². The minimum absolute atomic E-state index is 0.235. The molecular formula is C24H32N4O2S. The van der Waals surface area contributed by atoms with Crippen molar-refractivity contribution < 1.29 is 9.47 Å². The van der Waals surface area contributed by atoms with E-state index in [1.165, 1.54) is 31.1 Å².